The fourth-order valence-corrected chi connectivity index (χ4v) is 2.89. The van der Waals surface area contributed by atoms with Gasteiger partial charge in [0.25, 0.3) is 6.43 Å². The van der Waals surface area contributed by atoms with Crippen molar-refractivity contribution < 1.29 is 8.78 Å². The molecule has 2 rings (SSSR count). The molecule has 1 aromatic heterocycles. The molecular formula is C11H9Br2F2N3. The summed E-state index contributed by atoms with van der Waals surface area (Å²) < 4.78 is 27.0. The lowest BCUT2D eigenvalue weighted by molar-refractivity contribution is 0.141. The number of fused-ring (bicyclic) bond motifs is 1. The zero-order valence-corrected chi connectivity index (χ0v) is 12.5. The third-order valence-electron chi connectivity index (χ3n) is 2.28. The number of benzene rings is 1. The summed E-state index contributed by atoms with van der Waals surface area (Å²) in [6.07, 6.45) is -2.69. The normalized spacial score (nSPS) is 11.2. The molecule has 96 valence electrons. The molecule has 0 aliphatic rings. The minimum absolute atomic E-state index is 0.416. The number of anilines is 1. The summed E-state index contributed by atoms with van der Waals surface area (Å²) in [6.45, 7) is 2.47. The Hall–Kier alpha value is -0.820. The predicted octanol–water partition coefficient (Wildman–Crippen LogP) is 4.52. The van der Waals surface area contributed by atoms with Gasteiger partial charge in [-0.15, -0.1) is 0 Å². The Kier molecular flexibility index (Phi) is 4.11. The molecule has 3 nitrogen and oxygen atoms in total. The van der Waals surface area contributed by atoms with E-state index in [0.29, 0.717) is 27.7 Å². The van der Waals surface area contributed by atoms with Crippen LogP contribution in [-0.2, 0) is 0 Å². The summed E-state index contributed by atoms with van der Waals surface area (Å²) in [5.41, 5.74) is 0.472. The number of nitrogens with one attached hydrogen (secondary N) is 1. The fourth-order valence-electron chi connectivity index (χ4n) is 1.57. The third-order valence-corrected chi connectivity index (χ3v) is 3.34. The fraction of sp³-hybridized carbons (Fsp3) is 0.273. The second kappa shape index (κ2) is 5.44. The number of halogens is 4. The van der Waals surface area contributed by atoms with E-state index >= 15 is 0 Å². The van der Waals surface area contributed by atoms with E-state index in [1.165, 1.54) is 0 Å². The first-order chi connectivity index (χ1) is 8.52. The van der Waals surface area contributed by atoms with Gasteiger partial charge in [0.2, 0.25) is 0 Å². The number of hydrogen-bond acceptors (Lipinski definition) is 3. The maximum absolute atomic E-state index is 12.7. The quantitative estimate of drug-likeness (QED) is 0.850. The minimum Gasteiger partial charge on any atom is -0.370 e. The first-order valence-corrected chi connectivity index (χ1v) is 6.80. The van der Waals surface area contributed by atoms with Crippen LogP contribution in [0.2, 0.25) is 0 Å². The summed E-state index contributed by atoms with van der Waals surface area (Å²) in [5, 5.41) is 3.67. The summed E-state index contributed by atoms with van der Waals surface area (Å²) in [5.74, 6) is -0.0544. The van der Waals surface area contributed by atoms with Gasteiger partial charge in [-0.3, -0.25) is 0 Å². The number of alkyl halides is 2. The van der Waals surface area contributed by atoms with Crippen molar-refractivity contribution in [1.82, 2.24) is 9.97 Å². The summed E-state index contributed by atoms with van der Waals surface area (Å²) in [7, 11) is 0. The van der Waals surface area contributed by atoms with Crippen LogP contribution in [0.5, 0.6) is 0 Å². The number of rotatable bonds is 3. The Labute approximate surface area is 119 Å². The van der Waals surface area contributed by atoms with Crippen LogP contribution in [0.25, 0.3) is 10.9 Å². The van der Waals surface area contributed by atoms with Crippen LogP contribution in [0.4, 0.5) is 14.6 Å². The van der Waals surface area contributed by atoms with Crippen molar-refractivity contribution >= 4 is 48.6 Å². The van der Waals surface area contributed by atoms with Gasteiger partial charge in [0.15, 0.2) is 5.82 Å². The molecule has 0 saturated heterocycles. The molecule has 0 saturated carbocycles. The summed E-state index contributed by atoms with van der Waals surface area (Å²) >= 11 is 6.68. The minimum atomic E-state index is -2.69. The van der Waals surface area contributed by atoms with Gasteiger partial charge in [-0.1, -0.05) is 15.9 Å². The largest absolute Gasteiger partial charge is 0.370 e. The molecule has 1 heterocycles. The van der Waals surface area contributed by atoms with Crippen LogP contribution in [0, 0.1) is 0 Å². The van der Waals surface area contributed by atoms with Crippen molar-refractivity contribution in [2.45, 2.75) is 13.3 Å². The van der Waals surface area contributed by atoms with Gasteiger partial charge in [-0.25, -0.2) is 18.7 Å². The molecule has 1 N–H and O–H groups in total. The Morgan fingerprint density at radius 2 is 2.00 bits per heavy atom. The molecule has 0 radical (unpaired) electrons. The molecule has 0 bridgehead atoms. The van der Waals surface area contributed by atoms with Gasteiger partial charge in [0.1, 0.15) is 5.82 Å². The van der Waals surface area contributed by atoms with Gasteiger partial charge in [-0.2, -0.15) is 0 Å². The zero-order chi connectivity index (χ0) is 13.3. The molecule has 7 heteroatoms. The summed E-state index contributed by atoms with van der Waals surface area (Å²) in [6, 6.07) is 3.56. The SMILES string of the molecule is CCNc1nc(C(F)F)nc2c(Br)cc(Br)cc12. The van der Waals surface area contributed by atoms with Crippen LogP contribution in [0.15, 0.2) is 21.1 Å². The highest BCUT2D eigenvalue weighted by atomic mass is 79.9. The van der Waals surface area contributed by atoms with E-state index in [9.17, 15) is 8.78 Å². The molecule has 2 aromatic rings. The monoisotopic (exact) mass is 379 g/mol. The van der Waals surface area contributed by atoms with Gasteiger partial charge < -0.3 is 5.32 Å². The molecule has 0 atom stereocenters. The molecule has 0 amide bonds. The number of hydrogen-bond donors (Lipinski definition) is 1. The van der Waals surface area contributed by atoms with Crippen LogP contribution >= 0.6 is 31.9 Å². The predicted molar refractivity (Wildman–Crippen MR) is 74.1 cm³/mol. The van der Waals surface area contributed by atoms with Crippen molar-refractivity contribution in [2.75, 3.05) is 11.9 Å². The topological polar surface area (TPSA) is 37.8 Å². The van der Waals surface area contributed by atoms with Crippen molar-refractivity contribution in [3.05, 3.63) is 26.9 Å². The Balaban J connectivity index is 2.76. The van der Waals surface area contributed by atoms with Crippen LogP contribution in [0.1, 0.15) is 19.2 Å². The lowest BCUT2D eigenvalue weighted by Crippen LogP contribution is -2.05. The maximum Gasteiger partial charge on any atom is 0.297 e. The highest BCUT2D eigenvalue weighted by Gasteiger charge is 2.16. The van der Waals surface area contributed by atoms with Gasteiger partial charge in [0, 0.05) is 20.9 Å². The van der Waals surface area contributed by atoms with E-state index in [-0.39, 0.29) is 0 Å². The molecule has 0 spiro atoms. The van der Waals surface area contributed by atoms with Gasteiger partial charge in [-0.05, 0) is 35.0 Å². The molecule has 18 heavy (non-hydrogen) atoms. The van der Waals surface area contributed by atoms with E-state index in [1.807, 2.05) is 6.92 Å². The van der Waals surface area contributed by atoms with Crippen molar-refractivity contribution in [2.24, 2.45) is 0 Å². The summed E-state index contributed by atoms with van der Waals surface area (Å²) in [4.78, 5) is 7.75. The molecule has 1 aromatic carbocycles. The lowest BCUT2D eigenvalue weighted by atomic mass is 10.2. The Bertz CT molecular complexity index is 590. The van der Waals surface area contributed by atoms with Crippen molar-refractivity contribution in [3.63, 3.8) is 0 Å². The van der Waals surface area contributed by atoms with E-state index in [0.717, 1.165) is 4.47 Å². The third kappa shape index (κ3) is 2.61. The van der Waals surface area contributed by atoms with Gasteiger partial charge in [0.05, 0.1) is 5.52 Å². The van der Waals surface area contributed by atoms with E-state index in [2.05, 4.69) is 47.1 Å². The van der Waals surface area contributed by atoms with E-state index < -0.39 is 12.2 Å². The second-order valence-corrected chi connectivity index (χ2v) is 5.32. The smallest absolute Gasteiger partial charge is 0.297 e. The lowest BCUT2D eigenvalue weighted by Gasteiger charge is -2.10. The zero-order valence-electron chi connectivity index (χ0n) is 9.35. The molecule has 0 unspecified atom stereocenters. The highest BCUT2D eigenvalue weighted by Crippen LogP contribution is 2.32. The molecule has 0 fully saturated rings. The standard InChI is InChI=1S/C11H9Br2F2N3/c1-2-16-10-6-3-5(12)4-7(13)8(6)17-11(18-10)9(14)15/h3-4,9H,2H2,1H3,(H,16,17,18). The van der Waals surface area contributed by atoms with Crippen molar-refractivity contribution in [3.8, 4) is 0 Å². The van der Waals surface area contributed by atoms with E-state index in [1.54, 1.807) is 12.1 Å². The highest BCUT2D eigenvalue weighted by molar-refractivity contribution is 9.11. The molecule has 0 aliphatic carbocycles. The Morgan fingerprint density at radius 3 is 2.61 bits per heavy atom. The van der Waals surface area contributed by atoms with Crippen LogP contribution in [-0.4, -0.2) is 16.5 Å². The average Bonchev–Trinajstić information content (AvgIpc) is 2.29. The van der Waals surface area contributed by atoms with Gasteiger partial charge >= 0.3 is 0 Å². The number of nitrogens with zero attached hydrogens (tertiary/aromatic N) is 2. The van der Waals surface area contributed by atoms with E-state index in [4.69, 9.17) is 0 Å². The van der Waals surface area contributed by atoms with Crippen molar-refractivity contribution in [1.29, 1.82) is 0 Å². The second-order valence-electron chi connectivity index (χ2n) is 3.55. The van der Waals surface area contributed by atoms with Crippen LogP contribution in [0.3, 0.4) is 0 Å². The molecule has 0 aliphatic heterocycles. The Morgan fingerprint density at radius 1 is 1.28 bits per heavy atom. The number of aromatic nitrogens is 2. The average molecular weight is 381 g/mol. The van der Waals surface area contributed by atoms with Crippen LogP contribution < -0.4 is 5.32 Å². The first kappa shape index (κ1) is 13.6. The maximum atomic E-state index is 12.7. The first-order valence-electron chi connectivity index (χ1n) is 5.21. The molecular weight excluding hydrogens is 372 g/mol.